The van der Waals surface area contributed by atoms with Crippen LogP contribution in [-0.4, -0.2) is 13.0 Å². The zero-order valence-electron chi connectivity index (χ0n) is 10.0. The van der Waals surface area contributed by atoms with E-state index in [9.17, 15) is 0 Å². The van der Waals surface area contributed by atoms with Crippen molar-refractivity contribution in [2.24, 2.45) is 0 Å². The van der Waals surface area contributed by atoms with Crippen LogP contribution in [0.4, 0.5) is 0 Å². The maximum atomic E-state index is 7.57. The van der Waals surface area contributed by atoms with E-state index in [1.165, 1.54) is 18.2 Å². The van der Waals surface area contributed by atoms with Gasteiger partial charge in [0.15, 0.2) is 0 Å². The average Bonchev–Trinajstić information content (AvgIpc) is 2.39. The van der Waals surface area contributed by atoms with Crippen LogP contribution >= 0.6 is 0 Å². The van der Waals surface area contributed by atoms with Crippen LogP contribution in [0.3, 0.4) is 0 Å². The Hall–Kier alpha value is -2.09. The lowest BCUT2D eigenvalue weighted by Crippen LogP contribution is -2.00. The quantitative estimate of drug-likeness (QED) is 0.614. The number of benzene rings is 2. The fraction of sp³-hybridized carbons (Fsp3) is 0.133. The summed E-state index contributed by atoms with van der Waals surface area (Å²) in [5.74, 6) is 0.196. The second-order valence-electron chi connectivity index (χ2n) is 3.93. The molecule has 2 aromatic carbocycles. The van der Waals surface area contributed by atoms with Crippen LogP contribution < -0.4 is 0 Å². The first kappa shape index (κ1) is 11.4. The summed E-state index contributed by atoms with van der Waals surface area (Å²) >= 11 is 0. The Kier molecular flexibility index (Phi) is 3.24. The second kappa shape index (κ2) is 4.83. The highest BCUT2D eigenvalue weighted by molar-refractivity contribution is 5.92. The highest BCUT2D eigenvalue weighted by Crippen LogP contribution is 2.23. The molecule has 0 aromatic heterocycles. The summed E-state index contributed by atoms with van der Waals surface area (Å²) in [7, 11) is 1.51. The van der Waals surface area contributed by atoms with Crippen molar-refractivity contribution < 1.29 is 4.74 Å². The van der Waals surface area contributed by atoms with Gasteiger partial charge in [-0.05, 0) is 35.7 Å². The fourth-order valence-electron chi connectivity index (χ4n) is 1.82. The van der Waals surface area contributed by atoms with Gasteiger partial charge in [-0.25, -0.2) is 0 Å². The monoisotopic (exact) mass is 225 g/mol. The Morgan fingerprint density at radius 3 is 2.24 bits per heavy atom. The lowest BCUT2D eigenvalue weighted by atomic mass is 10.00. The van der Waals surface area contributed by atoms with Crippen LogP contribution in [-0.2, 0) is 4.74 Å². The number of rotatable bonds is 2. The van der Waals surface area contributed by atoms with Crippen molar-refractivity contribution in [3.05, 3.63) is 59.7 Å². The van der Waals surface area contributed by atoms with Gasteiger partial charge in [0.05, 0.1) is 7.11 Å². The van der Waals surface area contributed by atoms with Crippen molar-refractivity contribution in [3.63, 3.8) is 0 Å². The van der Waals surface area contributed by atoms with Crippen LogP contribution in [0.1, 0.15) is 11.1 Å². The number of hydrogen-bond acceptors (Lipinski definition) is 2. The van der Waals surface area contributed by atoms with E-state index < -0.39 is 0 Å². The maximum Gasteiger partial charge on any atom is 0.212 e. The highest BCUT2D eigenvalue weighted by atomic mass is 16.5. The third-order valence-electron chi connectivity index (χ3n) is 2.81. The van der Waals surface area contributed by atoms with Gasteiger partial charge in [-0.15, -0.1) is 0 Å². The molecule has 0 spiro atoms. The second-order valence-corrected chi connectivity index (χ2v) is 3.93. The first-order valence-electron chi connectivity index (χ1n) is 5.51. The summed E-state index contributed by atoms with van der Waals surface area (Å²) in [5.41, 5.74) is 4.44. The Balaban J connectivity index is 2.36. The molecule has 2 rings (SSSR count). The van der Waals surface area contributed by atoms with Crippen molar-refractivity contribution in [2.45, 2.75) is 6.92 Å². The summed E-state index contributed by atoms with van der Waals surface area (Å²) in [6, 6.07) is 16.1. The number of methoxy groups -OCH3 is 1. The molecule has 1 N–H and O–H groups in total. The fourth-order valence-corrected chi connectivity index (χ4v) is 1.82. The standard InChI is InChI=1S/C15H15NO/c1-11-5-3-4-6-14(11)12-7-9-13(10-8-12)15(16)17-2/h3-10,16H,1-2H3. The molecule has 86 valence electrons. The molecule has 0 aliphatic heterocycles. The van der Waals surface area contributed by atoms with Crippen LogP contribution in [0.15, 0.2) is 48.5 Å². The molecule has 0 saturated heterocycles. The number of aryl methyl sites for hydroxylation is 1. The molecule has 0 atom stereocenters. The van der Waals surface area contributed by atoms with Gasteiger partial charge in [0.2, 0.25) is 5.90 Å². The van der Waals surface area contributed by atoms with Gasteiger partial charge in [0.1, 0.15) is 0 Å². The van der Waals surface area contributed by atoms with E-state index in [1.807, 2.05) is 36.4 Å². The molecule has 2 heteroatoms. The van der Waals surface area contributed by atoms with Crippen molar-refractivity contribution in [2.75, 3.05) is 7.11 Å². The predicted octanol–water partition coefficient (Wildman–Crippen LogP) is 3.63. The van der Waals surface area contributed by atoms with E-state index in [0.29, 0.717) is 0 Å². The van der Waals surface area contributed by atoms with Gasteiger partial charge in [-0.2, -0.15) is 0 Å². The van der Waals surface area contributed by atoms with Gasteiger partial charge in [-0.1, -0.05) is 36.4 Å². The van der Waals surface area contributed by atoms with Crippen LogP contribution in [0.25, 0.3) is 11.1 Å². The van der Waals surface area contributed by atoms with Crippen LogP contribution in [0.5, 0.6) is 0 Å². The zero-order chi connectivity index (χ0) is 12.3. The summed E-state index contributed by atoms with van der Waals surface area (Å²) in [4.78, 5) is 0. The van der Waals surface area contributed by atoms with E-state index >= 15 is 0 Å². The van der Waals surface area contributed by atoms with E-state index in [4.69, 9.17) is 10.1 Å². The van der Waals surface area contributed by atoms with E-state index in [0.717, 1.165) is 11.1 Å². The molecular weight excluding hydrogens is 210 g/mol. The van der Waals surface area contributed by atoms with Crippen molar-refractivity contribution >= 4 is 5.90 Å². The number of nitrogens with one attached hydrogen (secondary N) is 1. The first-order chi connectivity index (χ1) is 8.22. The van der Waals surface area contributed by atoms with Crippen molar-refractivity contribution in [3.8, 4) is 11.1 Å². The first-order valence-corrected chi connectivity index (χ1v) is 5.51. The SMILES string of the molecule is COC(=N)c1ccc(-c2ccccc2C)cc1. The number of hydrogen-bond donors (Lipinski definition) is 1. The highest BCUT2D eigenvalue weighted by Gasteiger charge is 2.03. The molecule has 0 aliphatic carbocycles. The largest absolute Gasteiger partial charge is 0.481 e. The molecule has 0 saturated carbocycles. The lowest BCUT2D eigenvalue weighted by Gasteiger charge is -2.07. The summed E-state index contributed by atoms with van der Waals surface area (Å²) in [5, 5.41) is 7.57. The number of ether oxygens (including phenoxy) is 1. The molecule has 0 unspecified atom stereocenters. The lowest BCUT2D eigenvalue weighted by molar-refractivity contribution is 0.401. The third kappa shape index (κ3) is 2.36. The Labute approximate surface area is 101 Å². The predicted molar refractivity (Wildman–Crippen MR) is 70.5 cm³/mol. The minimum atomic E-state index is 0.196. The van der Waals surface area contributed by atoms with E-state index in [-0.39, 0.29) is 5.90 Å². The minimum absolute atomic E-state index is 0.196. The van der Waals surface area contributed by atoms with Gasteiger partial charge in [0.25, 0.3) is 0 Å². The van der Waals surface area contributed by atoms with Gasteiger partial charge in [-0.3, -0.25) is 5.41 Å². The van der Waals surface area contributed by atoms with Crippen LogP contribution in [0, 0.1) is 12.3 Å². The smallest absolute Gasteiger partial charge is 0.212 e. The molecule has 0 bridgehead atoms. The topological polar surface area (TPSA) is 33.1 Å². The van der Waals surface area contributed by atoms with Gasteiger partial charge < -0.3 is 4.74 Å². The summed E-state index contributed by atoms with van der Waals surface area (Å²) in [6.07, 6.45) is 0. The van der Waals surface area contributed by atoms with Crippen molar-refractivity contribution in [1.29, 1.82) is 5.41 Å². The minimum Gasteiger partial charge on any atom is -0.481 e. The van der Waals surface area contributed by atoms with E-state index in [2.05, 4.69) is 19.1 Å². The third-order valence-corrected chi connectivity index (χ3v) is 2.81. The molecule has 2 nitrogen and oxygen atoms in total. The van der Waals surface area contributed by atoms with Crippen LogP contribution in [0.2, 0.25) is 0 Å². The molecule has 0 aliphatic rings. The Bertz CT molecular complexity index is 529. The molecule has 17 heavy (non-hydrogen) atoms. The average molecular weight is 225 g/mol. The van der Waals surface area contributed by atoms with Gasteiger partial charge >= 0.3 is 0 Å². The van der Waals surface area contributed by atoms with Crippen molar-refractivity contribution in [1.82, 2.24) is 0 Å². The normalized spacial score (nSPS) is 10.0. The molecule has 0 heterocycles. The summed E-state index contributed by atoms with van der Waals surface area (Å²) < 4.78 is 4.89. The summed E-state index contributed by atoms with van der Waals surface area (Å²) in [6.45, 7) is 2.10. The Morgan fingerprint density at radius 1 is 1.00 bits per heavy atom. The zero-order valence-corrected chi connectivity index (χ0v) is 10.0. The maximum absolute atomic E-state index is 7.57. The van der Waals surface area contributed by atoms with E-state index in [1.54, 1.807) is 0 Å². The molecule has 0 amide bonds. The van der Waals surface area contributed by atoms with Gasteiger partial charge in [0, 0.05) is 5.56 Å². The molecule has 0 radical (unpaired) electrons. The molecule has 0 fully saturated rings. The molecular formula is C15H15NO. The molecule has 2 aromatic rings. The Morgan fingerprint density at radius 2 is 1.65 bits per heavy atom.